The largest absolute Gasteiger partial charge is 0.481 e. The summed E-state index contributed by atoms with van der Waals surface area (Å²) in [6.45, 7) is 3.76. The molecule has 1 amide bonds. The van der Waals surface area contributed by atoms with Gasteiger partial charge in [0.05, 0.1) is 13.2 Å². The minimum Gasteiger partial charge on any atom is -0.481 e. The molecular weight excluding hydrogens is 263 g/mol. The number of carbonyl (C=O) groups is 1. The van der Waals surface area contributed by atoms with E-state index >= 15 is 0 Å². The monoisotopic (exact) mass is 282 g/mol. The molecule has 0 radical (unpaired) electrons. The number of hydrogen-bond acceptors (Lipinski definition) is 4. The average molecular weight is 282 g/mol. The number of benzene rings is 1. The molecule has 0 aromatic heterocycles. The third kappa shape index (κ3) is 3.68. The number of amides is 1. The van der Waals surface area contributed by atoms with Gasteiger partial charge in [-0.2, -0.15) is 0 Å². The van der Waals surface area contributed by atoms with Gasteiger partial charge in [0.15, 0.2) is 18.2 Å². The van der Waals surface area contributed by atoms with E-state index in [-0.39, 0.29) is 24.3 Å². The van der Waals surface area contributed by atoms with Crippen LogP contribution in [-0.4, -0.2) is 43.7 Å². The lowest BCUT2D eigenvalue weighted by molar-refractivity contribution is -0.137. The summed E-state index contributed by atoms with van der Waals surface area (Å²) in [6, 6.07) is 4.29. The van der Waals surface area contributed by atoms with Gasteiger partial charge in [-0.15, -0.1) is 0 Å². The van der Waals surface area contributed by atoms with Gasteiger partial charge in [-0.05, 0) is 24.6 Å². The van der Waals surface area contributed by atoms with Gasteiger partial charge < -0.3 is 20.1 Å². The second-order valence-electron chi connectivity index (χ2n) is 4.76. The molecule has 1 aromatic carbocycles. The molecule has 2 rings (SSSR count). The van der Waals surface area contributed by atoms with E-state index in [1.54, 1.807) is 17.9 Å². The van der Waals surface area contributed by atoms with Gasteiger partial charge in [-0.25, -0.2) is 4.39 Å². The molecule has 1 aromatic rings. The maximum Gasteiger partial charge on any atom is 0.260 e. The first kappa shape index (κ1) is 14.7. The highest BCUT2D eigenvalue weighted by Crippen LogP contribution is 2.21. The number of ether oxygens (including phenoxy) is 2. The summed E-state index contributed by atoms with van der Waals surface area (Å²) in [5.41, 5.74) is 6.36. The lowest BCUT2D eigenvalue weighted by Gasteiger charge is -2.26. The molecule has 0 aliphatic carbocycles. The first-order valence-electron chi connectivity index (χ1n) is 6.61. The summed E-state index contributed by atoms with van der Waals surface area (Å²) in [7, 11) is 0. The van der Waals surface area contributed by atoms with E-state index in [1.807, 2.05) is 0 Å². The Bertz CT molecular complexity index is 473. The Kier molecular flexibility index (Phi) is 4.92. The van der Waals surface area contributed by atoms with Crippen LogP contribution in [0.15, 0.2) is 18.2 Å². The first-order valence-corrected chi connectivity index (χ1v) is 6.61. The van der Waals surface area contributed by atoms with Crippen LogP contribution in [0.25, 0.3) is 0 Å². The highest BCUT2D eigenvalue weighted by Gasteiger charge is 2.18. The van der Waals surface area contributed by atoms with Crippen LogP contribution in [0.5, 0.6) is 5.75 Å². The number of morpholine rings is 1. The predicted molar refractivity (Wildman–Crippen MR) is 71.9 cm³/mol. The molecule has 0 bridgehead atoms. The van der Waals surface area contributed by atoms with Crippen molar-refractivity contribution in [1.82, 2.24) is 4.90 Å². The van der Waals surface area contributed by atoms with Crippen LogP contribution in [0.4, 0.5) is 4.39 Å². The lowest BCUT2D eigenvalue weighted by atomic mass is 10.1. The fourth-order valence-electron chi connectivity index (χ4n) is 1.96. The third-order valence-corrected chi connectivity index (χ3v) is 3.20. The standard InChI is InChI=1S/C14H19FN2O3/c1-10(16)11-2-3-13(12(15)8-11)20-9-14(18)17-4-6-19-7-5-17/h2-3,8,10H,4-7,9,16H2,1H3/t10-/m0/s1. The first-order chi connectivity index (χ1) is 9.58. The highest BCUT2D eigenvalue weighted by molar-refractivity contribution is 5.77. The molecule has 2 N–H and O–H groups in total. The Morgan fingerprint density at radius 2 is 2.20 bits per heavy atom. The van der Waals surface area contributed by atoms with Crippen molar-refractivity contribution in [3.63, 3.8) is 0 Å². The van der Waals surface area contributed by atoms with Gasteiger partial charge >= 0.3 is 0 Å². The number of nitrogens with zero attached hydrogens (tertiary/aromatic N) is 1. The van der Waals surface area contributed by atoms with E-state index < -0.39 is 5.82 Å². The van der Waals surface area contributed by atoms with Crippen molar-refractivity contribution >= 4 is 5.91 Å². The second-order valence-corrected chi connectivity index (χ2v) is 4.76. The van der Waals surface area contributed by atoms with E-state index in [0.29, 0.717) is 31.9 Å². The van der Waals surface area contributed by atoms with Crippen molar-refractivity contribution in [1.29, 1.82) is 0 Å². The van der Waals surface area contributed by atoms with Gasteiger partial charge in [0.2, 0.25) is 0 Å². The highest BCUT2D eigenvalue weighted by atomic mass is 19.1. The smallest absolute Gasteiger partial charge is 0.260 e. The van der Waals surface area contributed by atoms with Crippen molar-refractivity contribution in [2.75, 3.05) is 32.9 Å². The van der Waals surface area contributed by atoms with Crippen molar-refractivity contribution < 1.29 is 18.7 Å². The van der Waals surface area contributed by atoms with Crippen LogP contribution in [0.1, 0.15) is 18.5 Å². The van der Waals surface area contributed by atoms with Crippen molar-refractivity contribution in [2.24, 2.45) is 5.73 Å². The molecule has 6 heteroatoms. The maximum absolute atomic E-state index is 13.8. The number of rotatable bonds is 4. The van der Waals surface area contributed by atoms with Crippen molar-refractivity contribution in [2.45, 2.75) is 13.0 Å². The molecule has 0 unspecified atom stereocenters. The predicted octanol–water partition coefficient (Wildman–Crippen LogP) is 1.08. The van der Waals surface area contributed by atoms with Gasteiger partial charge in [0, 0.05) is 19.1 Å². The quantitative estimate of drug-likeness (QED) is 0.897. The van der Waals surface area contributed by atoms with Crippen LogP contribution in [0.3, 0.4) is 0 Å². The SMILES string of the molecule is C[C@H](N)c1ccc(OCC(=O)N2CCOCC2)c(F)c1. The van der Waals surface area contributed by atoms with Gasteiger partial charge in [0.25, 0.3) is 5.91 Å². The summed E-state index contributed by atoms with van der Waals surface area (Å²) in [5.74, 6) is -0.602. The summed E-state index contributed by atoms with van der Waals surface area (Å²) < 4.78 is 24.2. The Morgan fingerprint density at radius 3 is 2.80 bits per heavy atom. The zero-order chi connectivity index (χ0) is 14.5. The Labute approximate surface area is 117 Å². The summed E-state index contributed by atoms with van der Waals surface area (Å²) in [5, 5.41) is 0. The zero-order valence-corrected chi connectivity index (χ0v) is 11.5. The van der Waals surface area contributed by atoms with Crippen LogP contribution < -0.4 is 10.5 Å². The molecule has 1 atom stereocenters. The molecule has 1 fully saturated rings. The Hall–Kier alpha value is -1.66. The number of hydrogen-bond donors (Lipinski definition) is 1. The van der Waals surface area contributed by atoms with E-state index in [9.17, 15) is 9.18 Å². The van der Waals surface area contributed by atoms with Crippen molar-refractivity contribution in [3.05, 3.63) is 29.6 Å². The van der Waals surface area contributed by atoms with E-state index in [0.717, 1.165) is 0 Å². The summed E-state index contributed by atoms with van der Waals surface area (Å²) in [6.07, 6.45) is 0. The van der Waals surface area contributed by atoms with Crippen LogP contribution >= 0.6 is 0 Å². The molecule has 1 heterocycles. The zero-order valence-electron chi connectivity index (χ0n) is 11.5. The lowest BCUT2D eigenvalue weighted by Crippen LogP contribution is -2.43. The molecule has 1 aliphatic rings. The molecule has 5 nitrogen and oxygen atoms in total. The Morgan fingerprint density at radius 1 is 1.50 bits per heavy atom. The Balaban J connectivity index is 1.91. The van der Waals surface area contributed by atoms with Gasteiger partial charge in [-0.3, -0.25) is 4.79 Å². The molecule has 20 heavy (non-hydrogen) atoms. The average Bonchev–Trinajstić information content (AvgIpc) is 2.46. The van der Waals surface area contributed by atoms with E-state index in [2.05, 4.69) is 0 Å². The van der Waals surface area contributed by atoms with Crippen LogP contribution in [0, 0.1) is 5.82 Å². The summed E-state index contributed by atoms with van der Waals surface area (Å²) in [4.78, 5) is 13.5. The van der Waals surface area contributed by atoms with E-state index in [4.69, 9.17) is 15.2 Å². The number of carbonyl (C=O) groups excluding carboxylic acids is 1. The minimum atomic E-state index is -0.505. The topological polar surface area (TPSA) is 64.8 Å². The van der Waals surface area contributed by atoms with E-state index in [1.165, 1.54) is 12.1 Å². The molecule has 110 valence electrons. The maximum atomic E-state index is 13.8. The third-order valence-electron chi connectivity index (χ3n) is 3.20. The summed E-state index contributed by atoms with van der Waals surface area (Å²) >= 11 is 0. The molecule has 0 saturated carbocycles. The van der Waals surface area contributed by atoms with Crippen molar-refractivity contribution in [3.8, 4) is 5.75 Å². The number of halogens is 1. The fourth-order valence-corrected chi connectivity index (χ4v) is 1.96. The normalized spacial score (nSPS) is 16.9. The number of nitrogens with two attached hydrogens (primary N) is 1. The molecule has 0 spiro atoms. The van der Waals surface area contributed by atoms with Crippen LogP contribution in [0.2, 0.25) is 0 Å². The molecule has 1 saturated heterocycles. The fraction of sp³-hybridized carbons (Fsp3) is 0.500. The van der Waals surface area contributed by atoms with Crippen LogP contribution in [-0.2, 0) is 9.53 Å². The minimum absolute atomic E-state index is 0.0657. The molecule has 1 aliphatic heterocycles. The molecular formula is C14H19FN2O3. The van der Waals surface area contributed by atoms with Gasteiger partial charge in [0.1, 0.15) is 0 Å². The second kappa shape index (κ2) is 6.67. The van der Waals surface area contributed by atoms with Gasteiger partial charge in [-0.1, -0.05) is 6.07 Å².